The van der Waals surface area contributed by atoms with Gasteiger partial charge in [-0.2, -0.15) is 11.8 Å². The fraction of sp³-hybridized carbons (Fsp3) is 0.375. The van der Waals surface area contributed by atoms with Crippen LogP contribution in [0, 0.1) is 5.92 Å². The number of aliphatic carboxylic acids is 1. The van der Waals surface area contributed by atoms with E-state index in [2.05, 4.69) is 5.16 Å². The van der Waals surface area contributed by atoms with Crippen LogP contribution < -0.4 is 0 Å². The van der Waals surface area contributed by atoms with E-state index in [0.717, 1.165) is 23.2 Å². The molecule has 0 spiro atoms. The Morgan fingerprint density at radius 1 is 1.36 bits per heavy atom. The number of carboxylic acids is 1. The van der Waals surface area contributed by atoms with E-state index >= 15 is 0 Å². The van der Waals surface area contributed by atoms with E-state index in [1.807, 2.05) is 30.5 Å². The monoisotopic (exact) mass is 337 g/mol. The number of benzene rings is 1. The molecule has 1 N–H and O–H groups in total. The summed E-state index contributed by atoms with van der Waals surface area (Å²) in [7, 11) is 0. The maximum Gasteiger partial charge on any atom is 0.306 e. The summed E-state index contributed by atoms with van der Waals surface area (Å²) in [5.74, 6) is -0.465. The highest BCUT2D eigenvalue weighted by atomic mass is 35.5. The van der Waals surface area contributed by atoms with Crippen molar-refractivity contribution in [3.8, 4) is 11.3 Å². The van der Waals surface area contributed by atoms with Crippen LogP contribution in [0.2, 0.25) is 5.02 Å². The highest BCUT2D eigenvalue weighted by Crippen LogP contribution is 2.43. The molecule has 0 bridgehead atoms. The third kappa shape index (κ3) is 2.88. The molecule has 0 amide bonds. The van der Waals surface area contributed by atoms with Crippen molar-refractivity contribution in [1.82, 2.24) is 5.16 Å². The van der Waals surface area contributed by atoms with Crippen LogP contribution >= 0.6 is 23.4 Å². The first-order valence-corrected chi connectivity index (χ1v) is 8.76. The number of carboxylic acid groups (broad SMARTS) is 1. The molecule has 22 heavy (non-hydrogen) atoms. The molecule has 0 unspecified atom stereocenters. The lowest BCUT2D eigenvalue weighted by molar-refractivity contribution is -0.142. The second kappa shape index (κ2) is 6.34. The summed E-state index contributed by atoms with van der Waals surface area (Å²) in [4.78, 5) is 11.3. The van der Waals surface area contributed by atoms with Crippen LogP contribution in [0.5, 0.6) is 0 Å². The lowest BCUT2D eigenvalue weighted by atomic mass is 10.0. The number of halogens is 1. The zero-order chi connectivity index (χ0) is 15.7. The predicted octanol–water partition coefficient (Wildman–Crippen LogP) is 4.44. The van der Waals surface area contributed by atoms with E-state index in [1.54, 1.807) is 11.8 Å². The minimum absolute atomic E-state index is 0.205. The van der Waals surface area contributed by atoms with Gasteiger partial charge in [-0.15, -0.1) is 0 Å². The molecule has 2 atom stereocenters. The first-order valence-electron chi connectivity index (χ1n) is 7.10. The zero-order valence-corrected chi connectivity index (χ0v) is 13.7. The van der Waals surface area contributed by atoms with Crippen LogP contribution in [0.3, 0.4) is 0 Å². The molecule has 1 aliphatic rings. The molecule has 1 aromatic heterocycles. The van der Waals surface area contributed by atoms with E-state index in [-0.39, 0.29) is 5.25 Å². The summed E-state index contributed by atoms with van der Waals surface area (Å²) >= 11 is 7.65. The lowest BCUT2D eigenvalue weighted by Gasteiger charge is -2.13. The molecule has 0 saturated carbocycles. The van der Waals surface area contributed by atoms with Crippen LogP contribution in [-0.4, -0.2) is 22.5 Å². The molecular weight excluding hydrogens is 322 g/mol. The van der Waals surface area contributed by atoms with Crippen molar-refractivity contribution < 1.29 is 14.4 Å². The molecule has 1 aromatic carbocycles. The van der Waals surface area contributed by atoms with Crippen molar-refractivity contribution in [3.63, 3.8) is 0 Å². The Kier molecular flexibility index (Phi) is 4.45. The summed E-state index contributed by atoms with van der Waals surface area (Å²) in [6.45, 7) is 0. The summed E-state index contributed by atoms with van der Waals surface area (Å²) in [6, 6.07) is 7.47. The normalized spacial score (nSPS) is 21.2. The van der Waals surface area contributed by atoms with Crippen molar-refractivity contribution in [2.24, 2.45) is 5.92 Å². The minimum Gasteiger partial charge on any atom is -0.481 e. The Bertz CT molecular complexity index is 683. The summed E-state index contributed by atoms with van der Waals surface area (Å²) < 4.78 is 5.50. The highest BCUT2D eigenvalue weighted by Gasteiger charge is 2.33. The second-order valence-electron chi connectivity index (χ2n) is 5.42. The molecule has 2 aromatic rings. The molecule has 1 aliphatic carbocycles. The van der Waals surface area contributed by atoms with Crippen molar-refractivity contribution in [1.29, 1.82) is 0 Å². The first kappa shape index (κ1) is 15.4. The van der Waals surface area contributed by atoms with Crippen molar-refractivity contribution in [2.45, 2.75) is 24.5 Å². The van der Waals surface area contributed by atoms with Crippen molar-refractivity contribution in [2.75, 3.05) is 6.26 Å². The maximum absolute atomic E-state index is 11.3. The van der Waals surface area contributed by atoms with E-state index in [0.29, 0.717) is 23.6 Å². The Balaban J connectivity index is 2.05. The van der Waals surface area contributed by atoms with Gasteiger partial charge in [0.25, 0.3) is 0 Å². The standard InChI is InChI=1S/C16H16ClNO3S/c1-22-13-7-4-10(16(19)20)8-12-14(13)15(18-21-12)9-2-5-11(17)6-3-9/h2-3,5-6,10,13H,4,7-8H2,1H3,(H,19,20)/t10-,13+/m1/s1. The Morgan fingerprint density at radius 2 is 2.09 bits per heavy atom. The van der Waals surface area contributed by atoms with Gasteiger partial charge in [0.2, 0.25) is 0 Å². The molecule has 116 valence electrons. The van der Waals surface area contributed by atoms with E-state index in [4.69, 9.17) is 16.1 Å². The van der Waals surface area contributed by atoms with Gasteiger partial charge in [0.05, 0.1) is 5.92 Å². The first-order chi connectivity index (χ1) is 10.6. The molecular formula is C16H16ClNO3S. The Hall–Kier alpha value is -1.46. The van der Waals surface area contributed by atoms with E-state index < -0.39 is 11.9 Å². The molecule has 0 saturated heterocycles. The van der Waals surface area contributed by atoms with Crippen molar-refractivity contribution in [3.05, 3.63) is 40.6 Å². The molecule has 1 heterocycles. The zero-order valence-electron chi connectivity index (χ0n) is 12.1. The number of fused-ring (bicyclic) bond motifs is 1. The second-order valence-corrected chi connectivity index (χ2v) is 6.89. The van der Waals surface area contributed by atoms with Crippen LogP contribution in [0.1, 0.15) is 29.4 Å². The Morgan fingerprint density at radius 3 is 2.73 bits per heavy atom. The summed E-state index contributed by atoms with van der Waals surface area (Å²) in [5, 5.41) is 14.4. The van der Waals surface area contributed by atoms with Crippen LogP contribution in [0.25, 0.3) is 11.3 Å². The average Bonchev–Trinajstić information content (AvgIpc) is 2.82. The van der Waals surface area contributed by atoms with E-state index in [9.17, 15) is 9.90 Å². The van der Waals surface area contributed by atoms with Gasteiger partial charge in [-0.3, -0.25) is 4.79 Å². The number of thioether (sulfide) groups is 1. The van der Waals surface area contributed by atoms with Gasteiger partial charge in [-0.1, -0.05) is 28.9 Å². The van der Waals surface area contributed by atoms with Gasteiger partial charge in [-0.25, -0.2) is 0 Å². The molecule has 0 radical (unpaired) electrons. The highest BCUT2D eigenvalue weighted by molar-refractivity contribution is 7.98. The SMILES string of the molecule is CS[C@H]1CC[C@@H](C(=O)O)Cc2onc(-c3ccc(Cl)cc3)c21. The van der Waals surface area contributed by atoms with E-state index in [1.165, 1.54) is 0 Å². The number of carbonyl (C=O) groups is 1. The molecule has 4 nitrogen and oxygen atoms in total. The molecule has 6 heteroatoms. The van der Waals surface area contributed by atoms with Gasteiger partial charge in [0.1, 0.15) is 11.5 Å². The third-order valence-corrected chi connectivity index (χ3v) is 5.38. The Labute approximate surface area is 137 Å². The fourth-order valence-corrected chi connectivity index (χ4v) is 3.87. The van der Waals surface area contributed by atoms with Gasteiger partial charge in [-0.05, 0) is 31.2 Å². The van der Waals surface area contributed by atoms with Crippen LogP contribution in [0.15, 0.2) is 28.8 Å². The smallest absolute Gasteiger partial charge is 0.306 e. The fourth-order valence-electron chi connectivity index (χ4n) is 2.90. The lowest BCUT2D eigenvalue weighted by Crippen LogP contribution is -2.15. The topological polar surface area (TPSA) is 63.3 Å². The summed E-state index contributed by atoms with van der Waals surface area (Å²) in [5.41, 5.74) is 2.79. The molecule has 0 aliphatic heterocycles. The largest absolute Gasteiger partial charge is 0.481 e. The molecule has 3 rings (SSSR count). The quantitative estimate of drug-likeness (QED) is 0.839. The number of aromatic nitrogens is 1. The van der Waals surface area contributed by atoms with Crippen LogP contribution in [-0.2, 0) is 11.2 Å². The average molecular weight is 338 g/mol. The van der Waals surface area contributed by atoms with Crippen LogP contribution in [0.4, 0.5) is 0 Å². The molecule has 0 fully saturated rings. The predicted molar refractivity (Wildman–Crippen MR) is 87.3 cm³/mol. The number of rotatable bonds is 3. The van der Waals surface area contributed by atoms with Crippen molar-refractivity contribution >= 4 is 29.3 Å². The minimum atomic E-state index is -0.767. The number of hydrogen-bond donors (Lipinski definition) is 1. The van der Waals surface area contributed by atoms with Gasteiger partial charge >= 0.3 is 5.97 Å². The summed E-state index contributed by atoms with van der Waals surface area (Å²) in [6.07, 6.45) is 3.91. The number of hydrogen-bond acceptors (Lipinski definition) is 4. The maximum atomic E-state index is 11.3. The third-order valence-electron chi connectivity index (χ3n) is 4.09. The van der Waals surface area contributed by atoms with Gasteiger partial charge < -0.3 is 9.63 Å². The van der Waals surface area contributed by atoms with Gasteiger partial charge in [0.15, 0.2) is 0 Å². The van der Waals surface area contributed by atoms with Gasteiger partial charge in [0, 0.05) is 27.8 Å². The number of nitrogens with zero attached hydrogens (tertiary/aromatic N) is 1.